The third kappa shape index (κ3) is 4.52. The van der Waals surface area contributed by atoms with E-state index < -0.39 is 0 Å². The maximum absolute atomic E-state index is 12.3. The zero-order valence-electron chi connectivity index (χ0n) is 13.2. The molecular formula is C18H22N4O. The number of benzene rings is 1. The second-order valence-electron chi connectivity index (χ2n) is 5.94. The van der Waals surface area contributed by atoms with Crippen LogP contribution >= 0.6 is 0 Å². The molecule has 0 bridgehead atoms. The smallest absolute Gasteiger partial charge is 0.271 e. The number of hydrogen-bond donors (Lipinski definition) is 2. The lowest BCUT2D eigenvalue weighted by molar-refractivity contribution is 0.0928. The first-order chi connectivity index (χ1) is 11.3. The van der Waals surface area contributed by atoms with Crippen LogP contribution in [0.4, 0.5) is 11.5 Å². The van der Waals surface area contributed by atoms with Crippen molar-refractivity contribution in [1.29, 1.82) is 0 Å². The summed E-state index contributed by atoms with van der Waals surface area (Å²) in [5, 5.41) is 6.24. The second-order valence-corrected chi connectivity index (χ2v) is 5.94. The number of anilines is 2. The van der Waals surface area contributed by atoms with Crippen LogP contribution in [0.3, 0.4) is 0 Å². The van der Waals surface area contributed by atoms with Gasteiger partial charge < -0.3 is 10.6 Å². The van der Waals surface area contributed by atoms with Gasteiger partial charge in [0.2, 0.25) is 0 Å². The van der Waals surface area contributed by atoms with Gasteiger partial charge in [-0.15, -0.1) is 0 Å². The molecule has 0 spiro atoms. The molecule has 0 unspecified atom stereocenters. The third-order valence-electron chi connectivity index (χ3n) is 4.12. The van der Waals surface area contributed by atoms with E-state index in [-0.39, 0.29) is 11.9 Å². The molecular weight excluding hydrogens is 288 g/mol. The summed E-state index contributed by atoms with van der Waals surface area (Å²) in [6.07, 6.45) is 10.2. The molecule has 120 valence electrons. The first kappa shape index (κ1) is 15.5. The summed E-state index contributed by atoms with van der Waals surface area (Å²) in [7, 11) is 0. The highest BCUT2D eigenvalue weighted by Gasteiger charge is 2.16. The Morgan fingerprint density at radius 1 is 0.957 bits per heavy atom. The van der Waals surface area contributed by atoms with E-state index in [1.807, 2.05) is 30.3 Å². The molecule has 1 saturated carbocycles. The molecule has 1 aliphatic carbocycles. The van der Waals surface area contributed by atoms with Crippen molar-refractivity contribution in [2.45, 2.75) is 44.6 Å². The summed E-state index contributed by atoms with van der Waals surface area (Å²) < 4.78 is 0. The molecule has 23 heavy (non-hydrogen) atoms. The summed E-state index contributed by atoms with van der Waals surface area (Å²) in [5.41, 5.74) is 1.31. The van der Waals surface area contributed by atoms with Crippen molar-refractivity contribution in [3.05, 3.63) is 48.4 Å². The Morgan fingerprint density at radius 2 is 1.70 bits per heavy atom. The molecule has 1 amide bonds. The van der Waals surface area contributed by atoms with E-state index in [2.05, 4.69) is 20.6 Å². The lowest BCUT2D eigenvalue weighted by Crippen LogP contribution is -2.34. The van der Waals surface area contributed by atoms with Gasteiger partial charge in [0.05, 0.1) is 12.4 Å². The number of para-hydroxylation sites is 1. The van der Waals surface area contributed by atoms with Crippen LogP contribution in [-0.4, -0.2) is 21.9 Å². The van der Waals surface area contributed by atoms with Gasteiger partial charge in [-0.25, -0.2) is 9.97 Å². The van der Waals surface area contributed by atoms with E-state index in [1.165, 1.54) is 31.9 Å². The van der Waals surface area contributed by atoms with Crippen LogP contribution in [0, 0.1) is 0 Å². The summed E-state index contributed by atoms with van der Waals surface area (Å²) >= 11 is 0. The van der Waals surface area contributed by atoms with Gasteiger partial charge in [-0.2, -0.15) is 0 Å². The van der Waals surface area contributed by atoms with Crippen molar-refractivity contribution in [1.82, 2.24) is 15.3 Å². The number of hydrogen-bond acceptors (Lipinski definition) is 4. The van der Waals surface area contributed by atoms with Crippen LogP contribution in [0.2, 0.25) is 0 Å². The molecule has 1 aromatic heterocycles. The molecule has 5 heteroatoms. The van der Waals surface area contributed by atoms with Gasteiger partial charge in [0.1, 0.15) is 11.5 Å². The molecule has 0 radical (unpaired) electrons. The minimum atomic E-state index is -0.129. The third-order valence-corrected chi connectivity index (χ3v) is 4.12. The minimum absolute atomic E-state index is 0.129. The molecule has 1 fully saturated rings. The SMILES string of the molecule is O=C(NC1CCCCCC1)c1cnc(Nc2ccccc2)cn1. The highest BCUT2D eigenvalue weighted by Crippen LogP contribution is 2.17. The number of carbonyl (C=O) groups is 1. The zero-order valence-corrected chi connectivity index (χ0v) is 13.2. The van der Waals surface area contributed by atoms with Crippen LogP contribution in [-0.2, 0) is 0 Å². The standard InChI is InChI=1S/C18H22N4O/c23-18(22-15-10-4-1-2-5-11-15)16-12-20-17(13-19-16)21-14-8-6-3-7-9-14/h3,6-9,12-13,15H,1-2,4-5,10-11H2,(H,20,21)(H,22,23). The highest BCUT2D eigenvalue weighted by molar-refractivity contribution is 5.92. The minimum Gasteiger partial charge on any atom is -0.348 e. The molecule has 2 aromatic rings. The van der Waals surface area contributed by atoms with Crippen molar-refractivity contribution in [2.24, 2.45) is 0 Å². The average Bonchev–Trinajstić information content (AvgIpc) is 2.85. The fourth-order valence-electron chi connectivity index (χ4n) is 2.86. The van der Waals surface area contributed by atoms with E-state index >= 15 is 0 Å². The Labute approximate surface area is 136 Å². The topological polar surface area (TPSA) is 66.9 Å². The van der Waals surface area contributed by atoms with Crippen molar-refractivity contribution < 1.29 is 4.79 Å². The lowest BCUT2D eigenvalue weighted by Gasteiger charge is -2.15. The van der Waals surface area contributed by atoms with Crippen molar-refractivity contribution in [3.63, 3.8) is 0 Å². The predicted molar refractivity (Wildman–Crippen MR) is 90.7 cm³/mol. The van der Waals surface area contributed by atoms with E-state index in [0.717, 1.165) is 18.5 Å². The van der Waals surface area contributed by atoms with Crippen molar-refractivity contribution in [3.8, 4) is 0 Å². The van der Waals surface area contributed by atoms with Gasteiger partial charge in [-0.05, 0) is 25.0 Å². The molecule has 3 rings (SSSR count). The van der Waals surface area contributed by atoms with E-state index in [0.29, 0.717) is 11.5 Å². The zero-order chi connectivity index (χ0) is 15.9. The molecule has 5 nitrogen and oxygen atoms in total. The monoisotopic (exact) mass is 310 g/mol. The van der Waals surface area contributed by atoms with Crippen molar-refractivity contribution in [2.75, 3.05) is 5.32 Å². The van der Waals surface area contributed by atoms with Crippen LogP contribution in [0.25, 0.3) is 0 Å². The first-order valence-corrected chi connectivity index (χ1v) is 8.26. The van der Waals surface area contributed by atoms with Gasteiger partial charge in [-0.1, -0.05) is 43.9 Å². The fraction of sp³-hybridized carbons (Fsp3) is 0.389. The summed E-state index contributed by atoms with van der Waals surface area (Å²) in [6.45, 7) is 0. The molecule has 1 aromatic carbocycles. The van der Waals surface area contributed by atoms with Crippen LogP contribution in [0.1, 0.15) is 49.0 Å². The number of nitrogens with zero attached hydrogens (tertiary/aromatic N) is 2. The Hall–Kier alpha value is -2.43. The molecule has 1 aliphatic rings. The highest BCUT2D eigenvalue weighted by atomic mass is 16.1. The normalized spacial score (nSPS) is 15.7. The Bertz CT molecular complexity index is 619. The van der Waals surface area contributed by atoms with E-state index in [1.54, 1.807) is 6.20 Å². The maximum Gasteiger partial charge on any atom is 0.271 e. The van der Waals surface area contributed by atoms with Gasteiger partial charge in [-0.3, -0.25) is 4.79 Å². The number of aromatic nitrogens is 2. The summed E-state index contributed by atoms with van der Waals surface area (Å²) in [4.78, 5) is 20.8. The predicted octanol–water partition coefficient (Wildman–Crippen LogP) is 3.67. The quantitative estimate of drug-likeness (QED) is 0.846. The number of amides is 1. The fourth-order valence-corrected chi connectivity index (χ4v) is 2.86. The Morgan fingerprint density at radius 3 is 2.35 bits per heavy atom. The second kappa shape index (κ2) is 7.72. The Balaban J connectivity index is 1.58. The summed E-state index contributed by atoms with van der Waals surface area (Å²) in [5.74, 6) is 0.498. The van der Waals surface area contributed by atoms with Crippen LogP contribution in [0.15, 0.2) is 42.7 Å². The molecule has 2 N–H and O–H groups in total. The summed E-state index contributed by atoms with van der Waals surface area (Å²) in [6, 6.07) is 10.0. The first-order valence-electron chi connectivity index (χ1n) is 8.26. The number of rotatable bonds is 4. The van der Waals surface area contributed by atoms with Gasteiger partial charge in [0, 0.05) is 11.7 Å². The van der Waals surface area contributed by atoms with Crippen LogP contribution in [0.5, 0.6) is 0 Å². The maximum atomic E-state index is 12.3. The van der Waals surface area contributed by atoms with Crippen molar-refractivity contribution >= 4 is 17.4 Å². The largest absolute Gasteiger partial charge is 0.348 e. The molecule has 1 heterocycles. The molecule has 0 atom stereocenters. The van der Waals surface area contributed by atoms with Gasteiger partial charge in [0.15, 0.2) is 0 Å². The molecule has 0 aliphatic heterocycles. The van der Waals surface area contributed by atoms with Gasteiger partial charge >= 0.3 is 0 Å². The van der Waals surface area contributed by atoms with Gasteiger partial charge in [0.25, 0.3) is 5.91 Å². The average molecular weight is 310 g/mol. The Kier molecular flexibility index (Phi) is 5.19. The van der Waals surface area contributed by atoms with E-state index in [9.17, 15) is 4.79 Å². The number of carbonyl (C=O) groups excluding carboxylic acids is 1. The van der Waals surface area contributed by atoms with Crippen LogP contribution < -0.4 is 10.6 Å². The molecule has 0 saturated heterocycles. The number of nitrogens with one attached hydrogen (secondary N) is 2. The lowest BCUT2D eigenvalue weighted by atomic mass is 10.1. The van der Waals surface area contributed by atoms with E-state index in [4.69, 9.17) is 0 Å².